The molecule has 6 rings (SSSR count). The standard InChI is InChI=1S/C31H37N7O3/c1-20-6-5-7-26-28(20)32-12-13-37(26)27-16-21-19-33-31(34-22-8-10-24(11-9-22)41-15-14-36(2)3)35-29(21)38(30(27)39)23-17-25(18-23)40-4/h5-11,16,19,23,25,32H,12-15,17-18H2,1-4H3,(H,33,34,35). The van der Waals surface area contributed by atoms with Crippen LogP contribution in [0.1, 0.15) is 24.4 Å². The number of rotatable bonds is 9. The van der Waals surface area contributed by atoms with Crippen molar-refractivity contribution in [2.24, 2.45) is 0 Å². The van der Waals surface area contributed by atoms with Crippen LogP contribution in [0.15, 0.2) is 59.5 Å². The van der Waals surface area contributed by atoms with Gasteiger partial charge in [0.05, 0.1) is 17.5 Å². The number of aryl methyl sites for hydroxylation is 1. The fraction of sp³-hybridized carbons (Fsp3) is 0.387. The number of pyridine rings is 1. The van der Waals surface area contributed by atoms with Crippen LogP contribution < -0.4 is 25.8 Å². The monoisotopic (exact) mass is 555 g/mol. The van der Waals surface area contributed by atoms with E-state index in [1.54, 1.807) is 13.3 Å². The van der Waals surface area contributed by atoms with Gasteiger partial charge in [0.1, 0.15) is 23.7 Å². The number of hydrogen-bond acceptors (Lipinski definition) is 9. The number of para-hydroxylation sites is 1. The molecule has 0 bridgehead atoms. The van der Waals surface area contributed by atoms with E-state index in [1.807, 2.05) is 55.1 Å². The van der Waals surface area contributed by atoms with Gasteiger partial charge in [-0.3, -0.25) is 9.36 Å². The molecule has 2 aromatic heterocycles. The zero-order chi connectivity index (χ0) is 28.5. The molecule has 4 aromatic rings. The summed E-state index contributed by atoms with van der Waals surface area (Å²) in [6.45, 7) is 5.00. The molecule has 1 fully saturated rings. The van der Waals surface area contributed by atoms with E-state index in [-0.39, 0.29) is 17.7 Å². The van der Waals surface area contributed by atoms with E-state index >= 15 is 0 Å². The molecule has 41 heavy (non-hydrogen) atoms. The molecule has 0 amide bonds. The van der Waals surface area contributed by atoms with Gasteiger partial charge in [-0.1, -0.05) is 12.1 Å². The Balaban J connectivity index is 1.34. The van der Waals surface area contributed by atoms with Crippen molar-refractivity contribution in [3.8, 4) is 5.75 Å². The van der Waals surface area contributed by atoms with Crippen LogP contribution in [0.4, 0.5) is 28.7 Å². The highest BCUT2D eigenvalue weighted by molar-refractivity contribution is 5.85. The van der Waals surface area contributed by atoms with Gasteiger partial charge in [-0.25, -0.2) is 4.98 Å². The summed E-state index contributed by atoms with van der Waals surface area (Å²) in [5.74, 6) is 1.24. The van der Waals surface area contributed by atoms with Crippen molar-refractivity contribution in [1.82, 2.24) is 19.4 Å². The second-order valence-electron chi connectivity index (χ2n) is 11.0. The maximum atomic E-state index is 14.2. The van der Waals surface area contributed by atoms with E-state index in [0.29, 0.717) is 30.4 Å². The van der Waals surface area contributed by atoms with Crippen LogP contribution in [-0.2, 0) is 4.74 Å². The molecule has 2 N–H and O–H groups in total. The molecule has 214 valence electrons. The summed E-state index contributed by atoms with van der Waals surface area (Å²) in [6.07, 6.45) is 3.49. The lowest BCUT2D eigenvalue weighted by atomic mass is 9.88. The Morgan fingerprint density at radius 1 is 1.12 bits per heavy atom. The first-order chi connectivity index (χ1) is 19.9. The molecule has 1 aliphatic carbocycles. The third-order valence-corrected chi connectivity index (χ3v) is 7.91. The van der Waals surface area contributed by atoms with Crippen molar-refractivity contribution in [2.45, 2.75) is 31.9 Å². The van der Waals surface area contributed by atoms with Crippen LogP contribution >= 0.6 is 0 Å². The summed E-state index contributed by atoms with van der Waals surface area (Å²) in [6, 6.07) is 15.9. The maximum Gasteiger partial charge on any atom is 0.276 e. The highest BCUT2D eigenvalue weighted by Crippen LogP contribution is 2.39. The van der Waals surface area contributed by atoms with Crippen molar-refractivity contribution in [3.05, 3.63) is 70.6 Å². The molecule has 3 heterocycles. The average Bonchev–Trinajstić information content (AvgIpc) is 2.94. The van der Waals surface area contributed by atoms with Crippen molar-refractivity contribution in [1.29, 1.82) is 0 Å². The summed E-state index contributed by atoms with van der Waals surface area (Å²) in [7, 11) is 5.76. The lowest BCUT2D eigenvalue weighted by Gasteiger charge is -2.37. The minimum atomic E-state index is -0.0460. The summed E-state index contributed by atoms with van der Waals surface area (Å²) >= 11 is 0. The Morgan fingerprint density at radius 2 is 1.93 bits per heavy atom. The van der Waals surface area contributed by atoms with Gasteiger partial charge < -0.3 is 29.9 Å². The predicted molar refractivity (Wildman–Crippen MR) is 163 cm³/mol. The molecule has 0 saturated heterocycles. The first kappa shape index (κ1) is 27.0. The molecule has 10 nitrogen and oxygen atoms in total. The minimum Gasteiger partial charge on any atom is -0.492 e. The molecule has 10 heteroatoms. The molecule has 0 radical (unpaired) electrons. The van der Waals surface area contributed by atoms with Crippen LogP contribution in [0.2, 0.25) is 0 Å². The smallest absolute Gasteiger partial charge is 0.276 e. The number of ether oxygens (including phenoxy) is 2. The molecule has 1 saturated carbocycles. The van der Waals surface area contributed by atoms with Crippen LogP contribution in [0.5, 0.6) is 5.75 Å². The SMILES string of the molecule is COC1CC(n2c(=O)c(N3CCNc4c(C)cccc43)cc3cnc(Nc4ccc(OCCN(C)C)cc4)nc32)C1. The number of nitrogens with zero attached hydrogens (tertiary/aromatic N) is 5. The van der Waals surface area contributed by atoms with Crippen LogP contribution in [0.25, 0.3) is 11.0 Å². The molecule has 0 atom stereocenters. The van der Waals surface area contributed by atoms with Gasteiger partial charge >= 0.3 is 0 Å². The van der Waals surface area contributed by atoms with E-state index in [9.17, 15) is 4.79 Å². The molecule has 2 aromatic carbocycles. The van der Waals surface area contributed by atoms with Crippen LogP contribution in [0, 0.1) is 6.92 Å². The van der Waals surface area contributed by atoms with Gasteiger partial charge in [0.25, 0.3) is 5.56 Å². The van der Waals surface area contributed by atoms with Crippen molar-refractivity contribution >= 4 is 39.7 Å². The van der Waals surface area contributed by atoms with Gasteiger partial charge in [-0.05, 0) is 75.8 Å². The van der Waals surface area contributed by atoms with E-state index in [2.05, 4.69) is 44.5 Å². The topological polar surface area (TPSA) is 96.8 Å². The van der Waals surface area contributed by atoms with Gasteiger partial charge in [-0.15, -0.1) is 0 Å². The van der Waals surface area contributed by atoms with Gasteiger partial charge in [0.2, 0.25) is 5.95 Å². The largest absolute Gasteiger partial charge is 0.492 e. The van der Waals surface area contributed by atoms with Crippen molar-refractivity contribution in [3.63, 3.8) is 0 Å². The first-order valence-electron chi connectivity index (χ1n) is 14.1. The van der Waals surface area contributed by atoms with E-state index in [1.165, 1.54) is 0 Å². The van der Waals surface area contributed by atoms with E-state index < -0.39 is 0 Å². The van der Waals surface area contributed by atoms with Crippen LogP contribution in [-0.4, -0.2) is 73.0 Å². The molecule has 2 aliphatic rings. The number of fused-ring (bicyclic) bond motifs is 2. The van der Waals surface area contributed by atoms with Gasteiger partial charge in [0, 0.05) is 50.1 Å². The number of likely N-dealkylation sites (N-methyl/N-ethyl adjacent to an activating group) is 1. The molecular weight excluding hydrogens is 518 g/mol. The number of benzene rings is 2. The molecule has 0 unspecified atom stereocenters. The first-order valence-corrected chi connectivity index (χ1v) is 14.1. The minimum absolute atomic E-state index is 0.0103. The second kappa shape index (κ2) is 11.4. The Labute approximate surface area is 239 Å². The fourth-order valence-corrected chi connectivity index (χ4v) is 5.52. The summed E-state index contributed by atoms with van der Waals surface area (Å²) in [5.41, 5.74) is 5.29. The second-order valence-corrected chi connectivity index (χ2v) is 11.0. The van der Waals surface area contributed by atoms with Crippen molar-refractivity contribution in [2.75, 3.05) is 63.0 Å². The van der Waals surface area contributed by atoms with Gasteiger partial charge in [-0.2, -0.15) is 4.98 Å². The lowest BCUT2D eigenvalue weighted by molar-refractivity contribution is 0.00640. The zero-order valence-electron chi connectivity index (χ0n) is 24.1. The predicted octanol–water partition coefficient (Wildman–Crippen LogP) is 4.70. The quantitative estimate of drug-likeness (QED) is 0.305. The highest BCUT2D eigenvalue weighted by atomic mass is 16.5. The number of methoxy groups -OCH3 is 1. The summed E-state index contributed by atoms with van der Waals surface area (Å²) < 4.78 is 13.2. The third-order valence-electron chi connectivity index (χ3n) is 7.91. The lowest BCUT2D eigenvalue weighted by Crippen LogP contribution is -2.41. The molecule has 1 aliphatic heterocycles. The maximum absolute atomic E-state index is 14.2. The third kappa shape index (κ3) is 5.45. The normalized spacial score (nSPS) is 18.1. The Hall–Kier alpha value is -4.15. The van der Waals surface area contributed by atoms with E-state index in [0.717, 1.165) is 59.7 Å². The summed E-state index contributed by atoms with van der Waals surface area (Å²) in [5, 5.41) is 7.61. The number of anilines is 5. The Bertz CT molecular complexity index is 1600. The average molecular weight is 556 g/mol. The Morgan fingerprint density at radius 3 is 2.68 bits per heavy atom. The van der Waals surface area contributed by atoms with Crippen LogP contribution in [0.3, 0.4) is 0 Å². The summed E-state index contributed by atoms with van der Waals surface area (Å²) in [4.78, 5) is 27.9. The molecule has 0 spiro atoms. The zero-order valence-corrected chi connectivity index (χ0v) is 24.1. The Kier molecular flexibility index (Phi) is 7.51. The number of aromatic nitrogens is 3. The molecular formula is C31H37N7O3. The number of hydrogen-bond donors (Lipinski definition) is 2. The highest BCUT2D eigenvalue weighted by Gasteiger charge is 2.34. The van der Waals surface area contributed by atoms with Crippen molar-refractivity contribution < 1.29 is 9.47 Å². The fourth-order valence-electron chi connectivity index (χ4n) is 5.52. The number of nitrogens with one attached hydrogen (secondary N) is 2. The van der Waals surface area contributed by atoms with Gasteiger partial charge in [0.15, 0.2) is 0 Å². The van der Waals surface area contributed by atoms with E-state index in [4.69, 9.17) is 14.5 Å².